The molecule has 1 aliphatic heterocycles. The molecule has 0 spiro atoms. The van der Waals surface area contributed by atoms with Crippen LogP contribution in [0, 0.1) is 0 Å². The summed E-state index contributed by atoms with van der Waals surface area (Å²) >= 11 is 5.84. The molecule has 130 valence electrons. The van der Waals surface area contributed by atoms with E-state index in [4.69, 9.17) is 26.6 Å². The van der Waals surface area contributed by atoms with Gasteiger partial charge in [-0.1, -0.05) is 16.8 Å². The van der Waals surface area contributed by atoms with E-state index >= 15 is 0 Å². The van der Waals surface area contributed by atoms with Crippen LogP contribution in [0.2, 0.25) is 5.02 Å². The van der Waals surface area contributed by atoms with Gasteiger partial charge in [0.25, 0.3) is 0 Å². The number of nitrogens with two attached hydrogens (primary N) is 1. The van der Waals surface area contributed by atoms with Gasteiger partial charge in [-0.3, -0.25) is 4.79 Å². The summed E-state index contributed by atoms with van der Waals surface area (Å²) in [5.74, 6) is 0.533. The van der Waals surface area contributed by atoms with Crippen molar-refractivity contribution < 1.29 is 14.1 Å². The van der Waals surface area contributed by atoms with Crippen molar-refractivity contribution in [1.29, 1.82) is 0 Å². The van der Waals surface area contributed by atoms with Crippen LogP contribution in [-0.2, 0) is 16.1 Å². The number of rotatable bonds is 4. The number of carbonyl (C=O) groups excluding carboxylic acids is 1. The maximum atomic E-state index is 12.2. The van der Waals surface area contributed by atoms with E-state index in [1.165, 1.54) is 0 Å². The molecule has 0 radical (unpaired) electrons. The Morgan fingerprint density at radius 1 is 1.29 bits per heavy atom. The van der Waals surface area contributed by atoms with Crippen LogP contribution >= 0.6 is 24.0 Å². The first kappa shape index (κ1) is 18.7. The fourth-order valence-corrected chi connectivity index (χ4v) is 2.46. The first-order chi connectivity index (χ1) is 11.1. The fraction of sp³-hybridized carbons (Fsp3) is 0.400. The lowest BCUT2D eigenvalue weighted by molar-refractivity contribution is -0.130. The van der Waals surface area contributed by atoms with Gasteiger partial charge in [0.2, 0.25) is 17.6 Å². The summed E-state index contributed by atoms with van der Waals surface area (Å²) in [6.07, 6.45) is 0.997. The largest absolute Gasteiger partial charge is 0.381 e. The van der Waals surface area contributed by atoms with Crippen LogP contribution in [0.15, 0.2) is 28.8 Å². The highest BCUT2D eigenvalue weighted by atomic mass is 35.5. The molecule has 1 aromatic carbocycles. The number of hydrogen-bond acceptors (Lipinski definition) is 6. The zero-order valence-electron chi connectivity index (χ0n) is 12.8. The summed E-state index contributed by atoms with van der Waals surface area (Å²) in [5, 5.41) is 7.27. The molecule has 1 aromatic heterocycles. The Morgan fingerprint density at radius 3 is 2.62 bits per heavy atom. The van der Waals surface area contributed by atoms with Crippen molar-refractivity contribution in [3.63, 3.8) is 0 Å². The number of hydrogen-bond donors (Lipinski definition) is 2. The monoisotopic (exact) mass is 372 g/mol. The normalized spacial score (nSPS) is 16.2. The maximum absolute atomic E-state index is 12.2. The third-order valence-corrected chi connectivity index (χ3v) is 4.06. The molecule has 3 rings (SSSR count). The maximum Gasteiger partial charge on any atom is 0.246 e. The summed E-state index contributed by atoms with van der Waals surface area (Å²) in [5.41, 5.74) is 6.00. The van der Waals surface area contributed by atoms with E-state index in [1.807, 2.05) is 0 Å². The van der Waals surface area contributed by atoms with E-state index in [0.717, 1.165) is 5.56 Å². The number of carbonyl (C=O) groups is 1. The Kier molecular flexibility index (Phi) is 6.17. The molecule has 2 aromatic rings. The van der Waals surface area contributed by atoms with E-state index in [0.29, 0.717) is 42.8 Å². The van der Waals surface area contributed by atoms with Crippen LogP contribution in [-0.4, -0.2) is 34.8 Å². The lowest BCUT2D eigenvalue weighted by atomic mass is 9.90. The highest BCUT2D eigenvalue weighted by Crippen LogP contribution is 2.20. The van der Waals surface area contributed by atoms with E-state index < -0.39 is 5.54 Å². The van der Waals surface area contributed by atoms with Gasteiger partial charge in [0.05, 0.1) is 12.1 Å². The molecular weight excluding hydrogens is 355 g/mol. The topological polar surface area (TPSA) is 103 Å². The number of ether oxygens (including phenoxy) is 1. The van der Waals surface area contributed by atoms with Crippen molar-refractivity contribution in [2.24, 2.45) is 5.73 Å². The number of amides is 1. The zero-order chi connectivity index (χ0) is 16.3. The molecule has 9 heteroatoms. The Hall–Kier alpha value is -1.67. The quantitative estimate of drug-likeness (QED) is 0.849. The standard InChI is InChI=1S/C15H17ClN4O3.ClH/c16-11-3-1-10(2-4-11)13-19-12(23-20-13)9-18-14(21)15(17)5-7-22-8-6-15;/h1-4H,5-9,17H2,(H,18,21);1H. The van der Waals surface area contributed by atoms with Crippen LogP contribution in [0.1, 0.15) is 18.7 Å². The van der Waals surface area contributed by atoms with E-state index in [2.05, 4.69) is 15.5 Å². The highest BCUT2D eigenvalue weighted by molar-refractivity contribution is 6.30. The summed E-state index contributed by atoms with van der Waals surface area (Å²) in [6, 6.07) is 7.09. The van der Waals surface area contributed by atoms with Gasteiger partial charge in [0.15, 0.2) is 0 Å². The number of nitrogens with zero attached hydrogens (tertiary/aromatic N) is 2. The van der Waals surface area contributed by atoms with Crippen molar-refractivity contribution in [2.45, 2.75) is 24.9 Å². The Morgan fingerprint density at radius 2 is 1.96 bits per heavy atom. The molecule has 1 fully saturated rings. The van der Waals surface area contributed by atoms with Crippen molar-refractivity contribution in [3.8, 4) is 11.4 Å². The van der Waals surface area contributed by atoms with Gasteiger partial charge in [-0.2, -0.15) is 4.98 Å². The van der Waals surface area contributed by atoms with Crippen molar-refractivity contribution in [2.75, 3.05) is 13.2 Å². The lowest BCUT2D eigenvalue weighted by Gasteiger charge is -2.31. The molecule has 3 N–H and O–H groups in total. The predicted octanol–water partition coefficient (Wildman–Crippen LogP) is 1.94. The van der Waals surface area contributed by atoms with Crippen molar-refractivity contribution in [1.82, 2.24) is 15.5 Å². The van der Waals surface area contributed by atoms with E-state index in [-0.39, 0.29) is 24.9 Å². The van der Waals surface area contributed by atoms with Crippen LogP contribution < -0.4 is 11.1 Å². The van der Waals surface area contributed by atoms with Gasteiger partial charge in [-0.25, -0.2) is 0 Å². The second-order valence-corrected chi connectivity index (χ2v) is 5.91. The van der Waals surface area contributed by atoms with Gasteiger partial charge >= 0.3 is 0 Å². The molecule has 7 nitrogen and oxygen atoms in total. The number of halogens is 2. The summed E-state index contributed by atoms with van der Waals surface area (Å²) in [4.78, 5) is 16.5. The van der Waals surface area contributed by atoms with Gasteiger partial charge in [0.1, 0.15) is 0 Å². The van der Waals surface area contributed by atoms with Crippen molar-refractivity contribution >= 4 is 29.9 Å². The minimum Gasteiger partial charge on any atom is -0.381 e. The third kappa shape index (κ3) is 4.24. The number of nitrogens with one attached hydrogen (secondary N) is 1. The van der Waals surface area contributed by atoms with Gasteiger partial charge < -0.3 is 20.3 Å². The fourth-order valence-electron chi connectivity index (χ4n) is 2.34. The smallest absolute Gasteiger partial charge is 0.246 e. The van der Waals surface area contributed by atoms with Crippen molar-refractivity contribution in [3.05, 3.63) is 35.2 Å². The average Bonchev–Trinajstić information content (AvgIpc) is 3.03. The number of benzene rings is 1. The molecule has 0 aliphatic carbocycles. The minimum absolute atomic E-state index is 0. The second-order valence-electron chi connectivity index (χ2n) is 5.47. The molecule has 1 saturated heterocycles. The molecule has 1 amide bonds. The third-order valence-electron chi connectivity index (χ3n) is 3.81. The van der Waals surface area contributed by atoms with Gasteiger partial charge in [-0.05, 0) is 37.1 Å². The molecule has 0 bridgehead atoms. The molecule has 24 heavy (non-hydrogen) atoms. The highest BCUT2D eigenvalue weighted by Gasteiger charge is 2.35. The SMILES string of the molecule is Cl.NC1(C(=O)NCc2nc(-c3ccc(Cl)cc3)no2)CCOCC1. The summed E-state index contributed by atoms with van der Waals surface area (Å²) < 4.78 is 10.4. The van der Waals surface area contributed by atoms with Crippen LogP contribution in [0.5, 0.6) is 0 Å². The Bertz CT molecular complexity index is 684. The first-order valence-corrected chi connectivity index (χ1v) is 7.68. The van der Waals surface area contributed by atoms with Crippen LogP contribution in [0.3, 0.4) is 0 Å². The minimum atomic E-state index is -0.892. The predicted molar refractivity (Wildman–Crippen MR) is 90.8 cm³/mol. The Labute approximate surface area is 150 Å². The van der Waals surface area contributed by atoms with Gasteiger partial charge in [0, 0.05) is 23.8 Å². The summed E-state index contributed by atoms with van der Waals surface area (Å²) in [7, 11) is 0. The number of aromatic nitrogens is 2. The lowest BCUT2D eigenvalue weighted by Crippen LogP contribution is -2.56. The summed E-state index contributed by atoms with van der Waals surface area (Å²) in [6.45, 7) is 1.12. The molecular formula is C15H18Cl2N4O3. The Balaban J connectivity index is 0.00000208. The molecule has 1 aliphatic rings. The second kappa shape index (κ2) is 7.94. The zero-order valence-corrected chi connectivity index (χ0v) is 14.4. The van der Waals surface area contributed by atoms with Gasteiger partial charge in [-0.15, -0.1) is 12.4 Å². The van der Waals surface area contributed by atoms with Crippen LogP contribution in [0.4, 0.5) is 0 Å². The molecule has 0 atom stereocenters. The molecule has 0 unspecified atom stereocenters. The molecule has 2 heterocycles. The average molecular weight is 373 g/mol. The molecule has 0 saturated carbocycles. The van der Waals surface area contributed by atoms with E-state index in [9.17, 15) is 4.79 Å². The van der Waals surface area contributed by atoms with E-state index in [1.54, 1.807) is 24.3 Å². The first-order valence-electron chi connectivity index (χ1n) is 7.30. The van der Waals surface area contributed by atoms with Crippen LogP contribution in [0.25, 0.3) is 11.4 Å².